The third-order valence-corrected chi connectivity index (χ3v) is 1.49. The molecule has 0 rings (SSSR count). The van der Waals surface area contributed by atoms with E-state index in [0.717, 1.165) is 0 Å². The van der Waals surface area contributed by atoms with Crippen LogP contribution in [0.4, 0.5) is 0 Å². The lowest BCUT2D eigenvalue weighted by Crippen LogP contribution is -2.17. The SMILES string of the molecule is C=C/C=C\C(=C/C)C(=N)C(=O)OCC.CC. The number of nitrogens with one attached hydrogen (secondary N) is 1. The molecule has 0 unspecified atom stereocenters. The van der Waals surface area contributed by atoms with Crippen LogP contribution in [0, 0.1) is 5.41 Å². The lowest BCUT2D eigenvalue weighted by Gasteiger charge is -2.03. The minimum Gasteiger partial charge on any atom is -0.461 e. The van der Waals surface area contributed by atoms with Gasteiger partial charge in [-0.1, -0.05) is 44.7 Å². The summed E-state index contributed by atoms with van der Waals surface area (Å²) in [5.41, 5.74) is 0.399. The van der Waals surface area contributed by atoms with Crippen LogP contribution in [0.15, 0.2) is 36.5 Å². The van der Waals surface area contributed by atoms with E-state index in [1.54, 1.807) is 38.2 Å². The van der Waals surface area contributed by atoms with Crippen molar-refractivity contribution < 1.29 is 9.53 Å². The molecule has 3 nitrogen and oxygen atoms in total. The third-order valence-electron chi connectivity index (χ3n) is 1.49. The molecule has 0 aliphatic heterocycles. The number of rotatable bonds is 5. The average molecular weight is 223 g/mol. The highest BCUT2D eigenvalue weighted by Crippen LogP contribution is 2.01. The van der Waals surface area contributed by atoms with E-state index in [0.29, 0.717) is 5.57 Å². The van der Waals surface area contributed by atoms with Gasteiger partial charge in [0, 0.05) is 5.57 Å². The van der Waals surface area contributed by atoms with Crippen LogP contribution in [0.5, 0.6) is 0 Å². The Morgan fingerprint density at radius 3 is 2.38 bits per heavy atom. The Balaban J connectivity index is 0. The summed E-state index contributed by atoms with van der Waals surface area (Å²) in [5, 5.41) is 7.51. The fraction of sp³-hybridized carbons (Fsp3) is 0.385. The number of esters is 1. The molecule has 0 saturated carbocycles. The van der Waals surface area contributed by atoms with Crippen molar-refractivity contribution in [3.05, 3.63) is 36.5 Å². The lowest BCUT2D eigenvalue weighted by molar-refractivity contribution is -0.135. The van der Waals surface area contributed by atoms with E-state index in [4.69, 9.17) is 10.1 Å². The molecule has 0 aliphatic rings. The van der Waals surface area contributed by atoms with E-state index in [9.17, 15) is 4.79 Å². The standard InChI is InChI=1S/C11H15NO2.C2H6/c1-4-7-8-9(5-2)10(12)11(13)14-6-3;1-2/h4-5,7-8,12H,1,6H2,2-3H3;1-2H3/b8-7-,9-5+,12-10?;. The zero-order valence-corrected chi connectivity index (χ0v) is 10.5. The van der Waals surface area contributed by atoms with Gasteiger partial charge in [-0.3, -0.25) is 5.41 Å². The fourth-order valence-electron chi connectivity index (χ4n) is 0.817. The molecule has 16 heavy (non-hydrogen) atoms. The number of carbonyl (C=O) groups is 1. The predicted octanol–water partition coefficient (Wildman–Crippen LogP) is 3.28. The Kier molecular flexibility index (Phi) is 12.0. The fourth-order valence-corrected chi connectivity index (χ4v) is 0.817. The number of hydrogen-bond donors (Lipinski definition) is 1. The Bertz CT molecular complexity index is 288. The normalized spacial score (nSPS) is 10.4. The molecule has 0 bridgehead atoms. The molecule has 0 aliphatic carbocycles. The molecule has 0 atom stereocenters. The highest BCUT2D eigenvalue weighted by atomic mass is 16.5. The van der Waals surface area contributed by atoms with Crippen molar-refractivity contribution in [3.63, 3.8) is 0 Å². The van der Waals surface area contributed by atoms with Crippen LogP contribution in [0.25, 0.3) is 0 Å². The van der Waals surface area contributed by atoms with Gasteiger partial charge in [-0.2, -0.15) is 0 Å². The van der Waals surface area contributed by atoms with Gasteiger partial charge >= 0.3 is 5.97 Å². The van der Waals surface area contributed by atoms with Crippen molar-refractivity contribution in [2.45, 2.75) is 27.7 Å². The third kappa shape index (κ3) is 6.76. The van der Waals surface area contributed by atoms with Crippen LogP contribution in [-0.4, -0.2) is 18.3 Å². The van der Waals surface area contributed by atoms with Crippen molar-refractivity contribution in [2.24, 2.45) is 0 Å². The summed E-state index contributed by atoms with van der Waals surface area (Å²) in [6.07, 6.45) is 6.58. The van der Waals surface area contributed by atoms with E-state index in [1.807, 2.05) is 13.8 Å². The molecular weight excluding hydrogens is 202 g/mol. The molecule has 3 heteroatoms. The van der Waals surface area contributed by atoms with E-state index >= 15 is 0 Å². The largest absolute Gasteiger partial charge is 0.461 e. The van der Waals surface area contributed by atoms with Crippen LogP contribution in [0.3, 0.4) is 0 Å². The van der Waals surface area contributed by atoms with Crippen LogP contribution < -0.4 is 0 Å². The predicted molar refractivity (Wildman–Crippen MR) is 68.8 cm³/mol. The molecule has 90 valence electrons. The number of allylic oxidation sites excluding steroid dienone is 4. The van der Waals surface area contributed by atoms with E-state index in [1.165, 1.54) is 0 Å². The molecule has 1 N–H and O–H groups in total. The molecule has 0 amide bonds. The van der Waals surface area contributed by atoms with Gasteiger partial charge in [0.25, 0.3) is 0 Å². The first-order valence-corrected chi connectivity index (χ1v) is 5.38. The van der Waals surface area contributed by atoms with E-state index < -0.39 is 5.97 Å². The molecule has 0 heterocycles. The van der Waals surface area contributed by atoms with Crippen LogP contribution in [-0.2, 0) is 9.53 Å². The highest BCUT2D eigenvalue weighted by molar-refractivity contribution is 6.42. The molecule has 0 aromatic carbocycles. The van der Waals surface area contributed by atoms with Crippen molar-refractivity contribution in [3.8, 4) is 0 Å². The Morgan fingerprint density at radius 2 is 2.00 bits per heavy atom. The van der Waals surface area contributed by atoms with Gasteiger partial charge in [-0.05, 0) is 13.8 Å². The molecule has 0 fully saturated rings. The first kappa shape index (κ1) is 16.8. The van der Waals surface area contributed by atoms with E-state index in [2.05, 4.69) is 6.58 Å². The second-order valence-corrected chi connectivity index (χ2v) is 2.43. The summed E-state index contributed by atoms with van der Waals surface area (Å²) >= 11 is 0. The zero-order valence-electron chi connectivity index (χ0n) is 10.5. The van der Waals surface area contributed by atoms with Gasteiger partial charge in [-0.25, -0.2) is 4.79 Å². The van der Waals surface area contributed by atoms with Gasteiger partial charge in [0.2, 0.25) is 0 Å². The maximum Gasteiger partial charge on any atom is 0.356 e. The van der Waals surface area contributed by atoms with Crippen molar-refractivity contribution >= 4 is 11.7 Å². The molecule has 0 aromatic rings. The highest BCUT2D eigenvalue weighted by Gasteiger charge is 2.12. The Labute approximate surface area is 98.0 Å². The summed E-state index contributed by atoms with van der Waals surface area (Å²) in [5.74, 6) is -0.602. The summed E-state index contributed by atoms with van der Waals surface area (Å²) in [7, 11) is 0. The van der Waals surface area contributed by atoms with Gasteiger partial charge in [0.15, 0.2) is 0 Å². The van der Waals surface area contributed by atoms with Crippen LogP contribution >= 0.6 is 0 Å². The first-order chi connectivity index (χ1) is 7.67. The van der Waals surface area contributed by atoms with Crippen molar-refractivity contribution in [2.75, 3.05) is 6.61 Å². The molecular formula is C13H21NO2. The molecule has 0 aromatic heterocycles. The average Bonchev–Trinajstić information content (AvgIpc) is 2.32. The second-order valence-electron chi connectivity index (χ2n) is 2.43. The number of ether oxygens (including phenoxy) is 1. The zero-order chi connectivity index (χ0) is 13.0. The quantitative estimate of drug-likeness (QED) is 0.441. The smallest absolute Gasteiger partial charge is 0.356 e. The second kappa shape index (κ2) is 11.4. The summed E-state index contributed by atoms with van der Waals surface area (Å²) in [6.45, 7) is 11.3. The Hall–Kier alpha value is -1.64. The maximum absolute atomic E-state index is 11.2. The van der Waals surface area contributed by atoms with Gasteiger partial charge < -0.3 is 4.74 Å². The van der Waals surface area contributed by atoms with E-state index in [-0.39, 0.29) is 12.3 Å². The van der Waals surface area contributed by atoms with Crippen LogP contribution in [0.1, 0.15) is 27.7 Å². The van der Waals surface area contributed by atoms with Gasteiger partial charge in [0.05, 0.1) is 6.61 Å². The maximum atomic E-state index is 11.2. The monoisotopic (exact) mass is 223 g/mol. The van der Waals surface area contributed by atoms with Crippen molar-refractivity contribution in [1.29, 1.82) is 5.41 Å². The summed E-state index contributed by atoms with van der Waals surface area (Å²) in [4.78, 5) is 11.2. The summed E-state index contributed by atoms with van der Waals surface area (Å²) < 4.78 is 4.70. The summed E-state index contributed by atoms with van der Waals surface area (Å²) in [6, 6.07) is 0. The van der Waals surface area contributed by atoms with Gasteiger partial charge in [0.1, 0.15) is 5.71 Å². The number of hydrogen-bond acceptors (Lipinski definition) is 3. The minimum atomic E-state index is -0.602. The van der Waals surface area contributed by atoms with Crippen molar-refractivity contribution in [1.82, 2.24) is 0 Å². The molecule has 0 radical (unpaired) electrons. The molecule has 0 spiro atoms. The van der Waals surface area contributed by atoms with Gasteiger partial charge in [-0.15, -0.1) is 0 Å². The van der Waals surface area contributed by atoms with Crippen LogP contribution in [0.2, 0.25) is 0 Å². The lowest BCUT2D eigenvalue weighted by atomic mass is 10.1. The topological polar surface area (TPSA) is 50.2 Å². The Morgan fingerprint density at radius 1 is 1.44 bits per heavy atom. The minimum absolute atomic E-state index is 0.132. The molecule has 0 saturated heterocycles. The first-order valence-electron chi connectivity index (χ1n) is 5.38. The number of carbonyl (C=O) groups excluding carboxylic acids is 1.